The number of aliphatic hydroxyl groups is 6. The molecule has 0 unspecified atom stereocenters. The highest BCUT2D eigenvalue weighted by Gasteiger charge is 2.45. The maximum Gasteiger partial charge on any atom is 0.239 e. The molecule has 0 saturated carbocycles. The molecule has 3 aromatic rings. The van der Waals surface area contributed by atoms with E-state index in [1.165, 1.54) is 24.3 Å². The Kier molecular flexibility index (Phi) is 10.1. The standard InChI is InChI=1S/C33H40O14/c1-13(2)5-10-18-20(44-33-28(42)27(41)25(39)21(12-34)45-33)11-19(36)22-26(40)31(47-32-24(38)14(3)23(37)15(4)43-32)29(46-30(18)22)16-6-8-17(35)9-7-16/h5-9,11,14-15,21,23-25,27-28,32-39,41-42H,10,12H2,1-4H3/t14-,15-,21+,23+,24+,25+,27-,28+,32-,33-/m0/s1. The summed E-state index contributed by atoms with van der Waals surface area (Å²) in [6.07, 6.45) is -10.6. The summed E-state index contributed by atoms with van der Waals surface area (Å²) in [5.41, 5.74) is 0.395. The van der Waals surface area contributed by atoms with Gasteiger partial charge in [0.05, 0.1) is 18.8 Å². The van der Waals surface area contributed by atoms with Gasteiger partial charge in [0.1, 0.15) is 58.7 Å². The SMILES string of the molecule is CC(C)=CCc1c(O[C@H]2O[C@H](CO)[C@@H](O)[C@H](O)[C@H]2O)cc(O)c2c(=O)c(O[C@@H]3O[C@@H](C)[C@H](O)[C@H](C)[C@H]3O)c(-c3ccc(O)cc3)oc12. The molecule has 1 aromatic heterocycles. The Balaban J connectivity index is 1.71. The first-order chi connectivity index (χ1) is 22.2. The Morgan fingerprint density at radius 1 is 0.872 bits per heavy atom. The smallest absolute Gasteiger partial charge is 0.239 e. The molecule has 3 heterocycles. The second kappa shape index (κ2) is 13.8. The average molecular weight is 661 g/mol. The minimum atomic E-state index is -1.76. The van der Waals surface area contributed by atoms with E-state index < -0.39 is 84.8 Å². The molecule has 2 aromatic carbocycles. The van der Waals surface area contributed by atoms with Crippen molar-refractivity contribution in [1.82, 2.24) is 0 Å². The summed E-state index contributed by atoms with van der Waals surface area (Å²) in [7, 11) is 0. The Bertz CT molecular complexity index is 1660. The van der Waals surface area contributed by atoms with Crippen molar-refractivity contribution in [3.8, 4) is 34.3 Å². The van der Waals surface area contributed by atoms with Crippen LogP contribution in [0.1, 0.15) is 33.3 Å². The van der Waals surface area contributed by atoms with Crippen molar-refractivity contribution >= 4 is 11.0 Å². The summed E-state index contributed by atoms with van der Waals surface area (Å²) in [6.45, 7) is 6.17. The molecular weight excluding hydrogens is 620 g/mol. The molecule has 5 rings (SSSR count). The molecule has 2 aliphatic rings. The van der Waals surface area contributed by atoms with Gasteiger partial charge in [-0.05, 0) is 51.5 Å². The van der Waals surface area contributed by atoms with Crippen LogP contribution in [-0.2, 0) is 15.9 Å². The predicted octanol–water partition coefficient (Wildman–Crippen LogP) is 1.04. The third kappa shape index (κ3) is 6.68. The zero-order valence-electron chi connectivity index (χ0n) is 26.2. The highest BCUT2D eigenvalue weighted by Crippen LogP contribution is 2.42. The van der Waals surface area contributed by atoms with Crippen molar-refractivity contribution in [2.45, 2.75) is 89.4 Å². The first kappa shape index (κ1) is 34.6. The Labute approximate surface area is 269 Å². The first-order valence-corrected chi connectivity index (χ1v) is 15.2. The van der Waals surface area contributed by atoms with E-state index in [1.54, 1.807) is 19.9 Å². The molecule has 10 atom stereocenters. The monoisotopic (exact) mass is 660 g/mol. The quantitative estimate of drug-likeness (QED) is 0.158. The molecule has 2 saturated heterocycles. The van der Waals surface area contributed by atoms with Gasteiger partial charge in [0.2, 0.25) is 23.8 Å². The summed E-state index contributed by atoms with van der Waals surface area (Å²) in [5, 5.41) is 82.8. The van der Waals surface area contributed by atoms with Crippen LogP contribution < -0.4 is 14.9 Å². The van der Waals surface area contributed by atoms with Crippen LogP contribution in [0.25, 0.3) is 22.3 Å². The van der Waals surface area contributed by atoms with E-state index in [0.29, 0.717) is 0 Å². The average Bonchev–Trinajstić information content (AvgIpc) is 3.03. The topological polar surface area (TPSA) is 229 Å². The number of phenolic OH excluding ortho intramolecular Hbond substituents is 2. The number of hydrogen-bond acceptors (Lipinski definition) is 14. The second-order valence-corrected chi connectivity index (χ2v) is 12.2. The number of rotatable bonds is 8. The van der Waals surface area contributed by atoms with E-state index in [1.807, 2.05) is 13.8 Å². The van der Waals surface area contributed by atoms with E-state index in [-0.39, 0.29) is 45.8 Å². The van der Waals surface area contributed by atoms with Gasteiger partial charge in [-0.1, -0.05) is 18.6 Å². The second-order valence-electron chi connectivity index (χ2n) is 12.2. The van der Waals surface area contributed by atoms with Crippen molar-refractivity contribution in [2.24, 2.45) is 5.92 Å². The van der Waals surface area contributed by atoms with Gasteiger partial charge in [0.15, 0.2) is 5.76 Å². The van der Waals surface area contributed by atoms with Crippen LogP contribution >= 0.6 is 0 Å². The van der Waals surface area contributed by atoms with E-state index in [2.05, 4.69) is 0 Å². The number of aliphatic hydroxyl groups excluding tert-OH is 6. The van der Waals surface area contributed by atoms with E-state index in [9.17, 15) is 45.6 Å². The van der Waals surface area contributed by atoms with Gasteiger partial charge in [-0.15, -0.1) is 0 Å². The van der Waals surface area contributed by atoms with E-state index in [0.717, 1.165) is 11.6 Å². The molecule has 0 spiro atoms. The van der Waals surface area contributed by atoms with Crippen LogP contribution in [-0.4, -0.2) is 103 Å². The van der Waals surface area contributed by atoms with E-state index >= 15 is 0 Å². The number of phenols is 2. The molecule has 0 aliphatic carbocycles. The third-order valence-corrected chi connectivity index (χ3v) is 8.52. The lowest BCUT2D eigenvalue weighted by Crippen LogP contribution is -2.60. The zero-order valence-corrected chi connectivity index (χ0v) is 26.2. The number of ether oxygens (including phenoxy) is 4. The van der Waals surface area contributed by atoms with Crippen molar-refractivity contribution in [3.05, 3.63) is 57.8 Å². The Morgan fingerprint density at radius 2 is 1.53 bits per heavy atom. The maximum absolute atomic E-state index is 14.2. The molecule has 47 heavy (non-hydrogen) atoms. The lowest BCUT2D eigenvalue weighted by atomic mass is 9.91. The highest BCUT2D eigenvalue weighted by molar-refractivity contribution is 5.91. The van der Waals surface area contributed by atoms with Crippen LogP contribution in [0.2, 0.25) is 0 Å². The summed E-state index contributed by atoms with van der Waals surface area (Å²) in [5.74, 6) is -2.04. The lowest BCUT2D eigenvalue weighted by molar-refractivity contribution is -0.277. The van der Waals surface area contributed by atoms with Gasteiger partial charge in [0.25, 0.3) is 0 Å². The largest absolute Gasteiger partial charge is 0.508 e. The predicted molar refractivity (Wildman–Crippen MR) is 165 cm³/mol. The molecule has 14 nitrogen and oxygen atoms in total. The van der Waals surface area contributed by atoms with Crippen LogP contribution in [0.3, 0.4) is 0 Å². The van der Waals surface area contributed by atoms with Crippen LogP contribution in [0.4, 0.5) is 0 Å². The van der Waals surface area contributed by atoms with Gasteiger partial charge in [0, 0.05) is 23.1 Å². The van der Waals surface area contributed by atoms with Crippen LogP contribution in [0, 0.1) is 5.92 Å². The lowest BCUT2D eigenvalue weighted by Gasteiger charge is -2.40. The number of aromatic hydroxyl groups is 2. The maximum atomic E-state index is 14.2. The van der Waals surface area contributed by atoms with Gasteiger partial charge in [-0.2, -0.15) is 0 Å². The Morgan fingerprint density at radius 3 is 2.17 bits per heavy atom. The zero-order chi connectivity index (χ0) is 34.3. The minimum Gasteiger partial charge on any atom is -0.508 e. The summed E-state index contributed by atoms with van der Waals surface area (Å²) in [6, 6.07) is 6.74. The van der Waals surface area contributed by atoms with Gasteiger partial charge in [-0.25, -0.2) is 0 Å². The number of hydrogen-bond donors (Lipinski definition) is 8. The molecule has 0 radical (unpaired) electrons. The van der Waals surface area contributed by atoms with Crippen molar-refractivity contribution in [2.75, 3.05) is 6.61 Å². The molecule has 14 heteroatoms. The molecule has 0 amide bonds. The molecule has 256 valence electrons. The van der Waals surface area contributed by atoms with Gasteiger partial charge >= 0.3 is 0 Å². The molecule has 8 N–H and O–H groups in total. The van der Waals surface area contributed by atoms with Crippen LogP contribution in [0.15, 0.2) is 51.2 Å². The minimum absolute atomic E-state index is 0.0702. The summed E-state index contributed by atoms with van der Waals surface area (Å²) < 4.78 is 29.5. The van der Waals surface area contributed by atoms with Crippen molar-refractivity contribution in [1.29, 1.82) is 0 Å². The van der Waals surface area contributed by atoms with Gasteiger partial charge < -0.3 is 64.2 Å². The first-order valence-electron chi connectivity index (χ1n) is 15.2. The normalized spacial score (nSPS) is 31.0. The number of benzene rings is 2. The summed E-state index contributed by atoms with van der Waals surface area (Å²) >= 11 is 0. The molecular formula is C33H40O14. The molecule has 0 bridgehead atoms. The van der Waals surface area contributed by atoms with Crippen molar-refractivity contribution < 1.29 is 64.2 Å². The fourth-order valence-corrected chi connectivity index (χ4v) is 5.63. The third-order valence-electron chi connectivity index (χ3n) is 8.52. The molecule has 2 fully saturated rings. The van der Waals surface area contributed by atoms with Crippen LogP contribution in [0.5, 0.6) is 23.0 Å². The van der Waals surface area contributed by atoms with Crippen molar-refractivity contribution in [3.63, 3.8) is 0 Å². The van der Waals surface area contributed by atoms with Gasteiger partial charge in [-0.3, -0.25) is 4.79 Å². The molecule has 2 aliphatic heterocycles. The van der Waals surface area contributed by atoms with E-state index in [4.69, 9.17) is 23.4 Å². The Hall–Kier alpha value is -3.73. The fraction of sp³-hybridized carbons (Fsp3) is 0.485. The number of fused-ring (bicyclic) bond motifs is 1. The number of allylic oxidation sites excluding steroid dienone is 2. The fourth-order valence-electron chi connectivity index (χ4n) is 5.63. The summed E-state index contributed by atoms with van der Waals surface area (Å²) in [4.78, 5) is 14.2. The highest BCUT2D eigenvalue weighted by atomic mass is 16.7.